The van der Waals surface area contributed by atoms with Crippen LogP contribution in [0.25, 0.3) is 0 Å². The second kappa shape index (κ2) is 10.2. The third kappa shape index (κ3) is 5.58. The molecule has 0 spiro atoms. The van der Waals surface area contributed by atoms with Crippen LogP contribution in [0.2, 0.25) is 0 Å². The van der Waals surface area contributed by atoms with Crippen molar-refractivity contribution < 1.29 is 14.2 Å². The summed E-state index contributed by atoms with van der Waals surface area (Å²) in [6.07, 6.45) is 0. The fourth-order valence-electron chi connectivity index (χ4n) is 2.43. The smallest absolute Gasteiger partial charge is 0.191 e. The van der Waals surface area contributed by atoms with E-state index in [0.717, 1.165) is 34.3 Å². The van der Waals surface area contributed by atoms with Crippen molar-refractivity contribution in [3.8, 4) is 17.2 Å². The molecule has 6 heteroatoms. The first-order valence-corrected chi connectivity index (χ1v) is 8.57. The minimum absolute atomic E-state index is 0.607. The molecule has 0 bridgehead atoms. The molecule has 0 atom stereocenters. The first kappa shape index (κ1) is 19.4. The molecule has 0 aliphatic heterocycles. The number of aliphatic imine (C=N–C) groups is 1. The van der Waals surface area contributed by atoms with Gasteiger partial charge in [0.05, 0.1) is 20.8 Å². The maximum Gasteiger partial charge on any atom is 0.191 e. The number of ether oxygens (including phenoxy) is 3. The summed E-state index contributed by atoms with van der Waals surface area (Å²) in [5.41, 5.74) is 2.23. The maximum atomic E-state index is 5.54. The predicted octanol–water partition coefficient (Wildman–Crippen LogP) is 2.97. The van der Waals surface area contributed by atoms with Crippen LogP contribution in [0.15, 0.2) is 47.5 Å². The van der Waals surface area contributed by atoms with Gasteiger partial charge in [0.25, 0.3) is 0 Å². The van der Waals surface area contributed by atoms with Crippen molar-refractivity contribution in [1.82, 2.24) is 10.6 Å². The molecule has 2 aromatic rings. The molecule has 0 amide bonds. The molecule has 0 saturated carbocycles. The van der Waals surface area contributed by atoms with E-state index in [1.165, 1.54) is 0 Å². The predicted molar refractivity (Wildman–Crippen MR) is 104 cm³/mol. The third-order valence-electron chi connectivity index (χ3n) is 3.83. The van der Waals surface area contributed by atoms with Crippen LogP contribution >= 0.6 is 0 Å². The Morgan fingerprint density at radius 1 is 0.885 bits per heavy atom. The standard InChI is InChI=1S/C20H27N3O3/c1-5-26-18-11-8-16(12-19(18)25-4)14-23-20(21-2)22-13-15-6-9-17(24-3)10-7-15/h6-12H,5,13-14H2,1-4H3,(H2,21,22,23). The summed E-state index contributed by atoms with van der Waals surface area (Å²) >= 11 is 0. The lowest BCUT2D eigenvalue weighted by Gasteiger charge is -2.14. The highest BCUT2D eigenvalue weighted by molar-refractivity contribution is 5.79. The van der Waals surface area contributed by atoms with Gasteiger partial charge in [-0.25, -0.2) is 0 Å². The fourth-order valence-corrected chi connectivity index (χ4v) is 2.43. The summed E-state index contributed by atoms with van der Waals surface area (Å²) in [6.45, 7) is 3.87. The van der Waals surface area contributed by atoms with Gasteiger partial charge < -0.3 is 24.8 Å². The average Bonchev–Trinajstić information content (AvgIpc) is 2.69. The Morgan fingerprint density at radius 3 is 2.12 bits per heavy atom. The van der Waals surface area contributed by atoms with Gasteiger partial charge in [0.2, 0.25) is 0 Å². The molecule has 0 aliphatic rings. The van der Waals surface area contributed by atoms with E-state index in [4.69, 9.17) is 14.2 Å². The van der Waals surface area contributed by atoms with Crippen molar-refractivity contribution in [2.45, 2.75) is 20.0 Å². The van der Waals surface area contributed by atoms with Gasteiger partial charge in [-0.1, -0.05) is 18.2 Å². The summed E-state index contributed by atoms with van der Waals surface area (Å²) in [6, 6.07) is 13.8. The Hall–Kier alpha value is -2.89. The van der Waals surface area contributed by atoms with Gasteiger partial charge in [-0.2, -0.15) is 0 Å². The summed E-state index contributed by atoms with van der Waals surface area (Å²) in [7, 11) is 5.06. The fraction of sp³-hybridized carbons (Fsp3) is 0.350. The van der Waals surface area contributed by atoms with Crippen LogP contribution < -0.4 is 24.8 Å². The molecular formula is C20H27N3O3. The van der Waals surface area contributed by atoms with Gasteiger partial charge in [0.1, 0.15) is 5.75 Å². The van der Waals surface area contributed by atoms with E-state index in [1.54, 1.807) is 21.3 Å². The van der Waals surface area contributed by atoms with Crippen molar-refractivity contribution in [1.29, 1.82) is 0 Å². The Labute approximate surface area is 155 Å². The molecular weight excluding hydrogens is 330 g/mol. The molecule has 6 nitrogen and oxygen atoms in total. The number of rotatable bonds is 8. The van der Waals surface area contributed by atoms with Gasteiger partial charge in [0, 0.05) is 20.1 Å². The number of hydrogen-bond acceptors (Lipinski definition) is 4. The quantitative estimate of drug-likeness (QED) is 0.562. The molecule has 0 unspecified atom stereocenters. The van der Waals surface area contributed by atoms with Gasteiger partial charge >= 0.3 is 0 Å². The SMILES string of the molecule is CCOc1ccc(CNC(=NC)NCc2ccc(OC)cc2)cc1OC. The molecule has 0 heterocycles. The average molecular weight is 357 g/mol. The molecule has 0 aliphatic carbocycles. The second-order valence-electron chi connectivity index (χ2n) is 5.55. The van der Waals surface area contributed by atoms with Crippen molar-refractivity contribution in [3.63, 3.8) is 0 Å². The monoisotopic (exact) mass is 357 g/mol. The molecule has 2 N–H and O–H groups in total. The number of nitrogens with zero attached hydrogens (tertiary/aromatic N) is 1. The second-order valence-corrected chi connectivity index (χ2v) is 5.55. The molecule has 0 aromatic heterocycles. The van der Waals surface area contributed by atoms with Crippen LogP contribution in [0.5, 0.6) is 17.2 Å². The van der Waals surface area contributed by atoms with Crippen LogP contribution in [0, 0.1) is 0 Å². The van der Waals surface area contributed by atoms with Crippen LogP contribution in [-0.4, -0.2) is 33.8 Å². The van der Waals surface area contributed by atoms with Gasteiger partial charge in [-0.3, -0.25) is 4.99 Å². The third-order valence-corrected chi connectivity index (χ3v) is 3.83. The highest BCUT2D eigenvalue weighted by Gasteiger charge is 2.06. The Bertz CT molecular complexity index is 715. The van der Waals surface area contributed by atoms with Crippen LogP contribution in [0.4, 0.5) is 0 Å². The molecule has 2 aromatic carbocycles. The van der Waals surface area contributed by atoms with E-state index in [0.29, 0.717) is 19.7 Å². The lowest BCUT2D eigenvalue weighted by Crippen LogP contribution is -2.36. The van der Waals surface area contributed by atoms with Gasteiger partial charge in [-0.05, 0) is 42.3 Å². The largest absolute Gasteiger partial charge is 0.497 e. The van der Waals surface area contributed by atoms with E-state index in [-0.39, 0.29) is 0 Å². The number of hydrogen-bond donors (Lipinski definition) is 2. The number of guanidine groups is 1. The molecule has 2 rings (SSSR count). The Kier molecular flexibility index (Phi) is 7.61. The van der Waals surface area contributed by atoms with E-state index in [9.17, 15) is 0 Å². The van der Waals surface area contributed by atoms with E-state index >= 15 is 0 Å². The zero-order valence-electron chi connectivity index (χ0n) is 15.8. The van der Waals surface area contributed by atoms with Crippen LogP contribution in [0.1, 0.15) is 18.1 Å². The lowest BCUT2D eigenvalue weighted by atomic mass is 10.2. The summed E-state index contributed by atoms with van der Waals surface area (Å²) < 4.78 is 16.1. The van der Waals surface area contributed by atoms with Crippen LogP contribution in [0.3, 0.4) is 0 Å². The summed E-state index contributed by atoms with van der Waals surface area (Å²) in [5, 5.41) is 6.59. The number of benzene rings is 2. The molecule has 0 radical (unpaired) electrons. The zero-order valence-corrected chi connectivity index (χ0v) is 15.8. The highest BCUT2D eigenvalue weighted by Crippen LogP contribution is 2.27. The number of methoxy groups -OCH3 is 2. The van der Waals surface area contributed by atoms with Crippen molar-refractivity contribution in [2.75, 3.05) is 27.9 Å². The summed E-state index contributed by atoms with van der Waals surface area (Å²) in [4.78, 5) is 4.26. The van der Waals surface area contributed by atoms with Crippen molar-refractivity contribution in [3.05, 3.63) is 53.6 Å². The first-order chi connectivity index (χ1) is 12.7. The zero-order chi connectivity index (χ0) is 18.8. The van der Waals surface area contributed by atoms with Crippen LogP contribution in [-0.2, 0) is 13.1 Å². The lowest BCUT2D eigenvalue weighted by molar-refractivity contribution is 0.310. The van der Waals surface area contributed by atoms with E-state index in [1.807, 2.05) is 49.4 Å². The molecule has 0 saturated heterocycles. The molecule has 26 heavy (non-hydrogen) atoms. The first-order valence-electron chi connectivity index (χ1n) is 8.57. The molecule has 140 valence electrons. The Morgan fingerprint density at radius 2 is 1.54 bits per heavy atom. The normalized spacial score (nSPS) is 11.0. The van der Waals surface area contributed by atoms with Gasteiger partial charge in [0.15, 0.2) is 17.5 Å². The summed E-state index contributed by atoms with van der Waals surface area (Å²) in [5.74, 6) is 3.06. The highest BCUT2D eigenvalue weighted by atomic mass is 16.5. The van der Waals surface area contributed by atoms with Crippen molar-refractivity contribution in [2.24, 2.45) is 4.99 Å². The maximum absolute atomic E-state index is 5.54. The van der Waals surface area contributed by atoms with Gasteiger partial charge in [-0.15, -0.1) is 0 Å². The number of nitrogens with one attached hydrogen (secondary N) is 2. The van der Waals surface area contributed by atoms with E-state index in [2.05, 4.69) is 15.6 Å². The Balaban J connectivity index is 1.89. The minimum atomic E-state index is 0.607. The topological polar surface area (TPSA) is 64.1 Å². The van der Waals surface area contributed by atoms with E-state index < -0.39 is 0 Å². The minimum Gasteiger partial charge on any atom is -0.497 e. The van der Waals surface area contributed by atoms with Crippen molar-refractivity contribution >= 4 is 5.96 Å². The molecule has 0 fully saturated rings.